The van der Waals surface area contributed by atoms with Gasteiger partial charge in [-0.05, 0) is 44.2 Å². The van der Waals surface area contributed by atoms with E-state index in [1.165, 1.54) is 41.7 Å². The summed E-state index contributed by atoms with van der Waals surface area (Å²) < 4.78 is 14.8. The first-order chi connectivity index (χ1) is 14.3. The molecule has 5 nitrogen and oxygen atoms in total. The van der Waals surface area contributed by atoms with Crippen LogP contribution in [0.5, 0.6) is 0 Å². The number of halogens is 2. The number of aliphatic hydroxyl groups excluding tert-OH is 1. The molecule has 1 unspecified atom stereocenters. The fraction of sp³-hybridized carbons (Fsp3) is 0.136. The maximum absolute atomic E-state index is 14.8. The molecule has 4 rings (SSSR count). The number of hydrogen-bond donors (Lipinski definition) is 1. The Hall–Kier alpha value is -3.03. The van der Waals surface area contributed by atoms with Crippen LogP contribution in [0.1, 0.15) is 27.7 Å². The molecule has 1 amide bonds. The summed E-state index contributed by atoms with van der Waals surface area (Å²) in [6.45, 7) is 3.64. The van der Waals surface area contributed by atoms with Crippen molar-refractivity contribution >= 4 is 45.5 Å². The third kappa shape index (κ3) is 3.30. The number of nitrogens with zero attached hydrogens (tertiary/aromatic N) is 2. The van der Waals surface area contributed by atoms with Crippen LogP contribution in [0, 0.1) is 19.7 Å². The zero-order valence-corrected chi connectivity index (χ0v) is 17.6. The summed E-state index contributed by atoms with van der Waals surface area (Å²) in [6, 6.07) is 10.9. The minimum absolute atomic E-state index is 0.0951. The average molecular weight is 443 g/mol. The highest BCUT2D eigenvalue weighted by Gasteiger charge is 2.49. The van der Waals surface area contributed by atoms with E-state index in [-0.39, 0.29) is 16.3 Å². The van der Waals surface area contributed by atoms with Crippen LogP contribution in [0.2, 0.25) is 5.02 Å². The number of aryl methyl sites for hydroxylation is 2. The van der Waals surface area contributed by atoms with Gasteiger partial charge in [0.05, 0.1) is 11.3 Å². The molecule has 0 radical (unpaired) electrons. The monoisotopic (exact) mass is 442 g/mol. The molecule has 0 bridgehead atoms. The highest BCUT2D eigenvalue weighted by molar-refractivity contribution is 7.16. The second-order valence-electron chi connectivity index (χ2n) is 6.84. The summed E-state index contributed by atoms with van der Waals surface area (Å²) in [4.78, 5) is 32.4. The molecule has 1 N–H and O–H groups in total. The van der Waals surface area contributed by atoms with Gasteiger partial charge in [-0.15, -0.1) is 11.3 Å². The number of ketones is 1. The number of rotatable bonds is 3. The lowest BCUT2D eigenvalue weighted by Gasteiger charge is -2.23. The Morgan fingerprint density at radius 1 is 1.13 bits per heavy atom. The van der Waals surface area contributed by atoms with E-state index in [1.54, 1.807) is 25.1 Å². The first kappa shape index (κ1) is 20.3. The topological polar surface area (TPSA) is 70.5 Å². The second-order valence-corrected chi connectivity index (χ2v) is 8.45. The molecule has 8 heteroatoms. The summed E-state index contributed by atoms with van der Waals surface area (Å²) in [6.07, 6.45) is 0. The van der Waals surface area contributed by atoms with Crippen molar-refractivity contribution < 1.29 is 19.1 Å². The van der Waals surface area contributed by atoms with E-state index in [1.807, 2.05) is 6.92 Å². The van der Waals surface area contributed by atoms with E-state index >= 15 is 0 Å². The molecule has 0 spiro atoms. The van der Waals surface area contributed by atoms with E-state index in [0.29, 0.717) is 16.3 Å². The van der Waals surface area contributed by atoms with Gasteiger partial charge in [0.2, 0.25) is 0 Å². The zero-order chi connectivity index (χ0) is 21.6. The molecule has 0 aliphatic carbocycles. The third-order valence-corrected chi connectivity index (χ3v) is 6.31. The van der Waals surface area contributed by atoms with Crippen LogP contribution in [0.4, 0.5) is 9.52 Å². The Balaban J connectivity index is 1.97. The maximum atomic E-state index is 14.8. The molecule has 1 aromatic heterocycles. The maximum Gasteiger partial charge on any atom is 0.301 e. The van der Waals surface area contributed by atoms with Gasteiger partial charge in [-0.1, -0.05) is 29.8 Å². The lowest BCUT2D eigenvalue weighted by molar-refractivity contribution is -0.132. The van der Waals surface area contributed by atoms with Crippen molar-refractivity contribution in [1.82, 2.24) is 4.98 Å². The van der Waals surface area contributed by atoms with E-state index in [2.05, 4.69) is 4.98 Å². The molecular formula is C22H16ClFN2O3S. The Morgan fingerprint density at radius 3 is 2.40 bits per heavy atom. The van der Waals surface area contributed by atoms with Crippen molar-refractivity contribution in [3.63, 3.8) is 0 Å². The molecule has 1 aliphatic heterocycles. The largest absolute Gasteiger partial charge is 0.507 e. The van der Waals surface area contributed by atoms with Gasteiger partial charge in [-0.25, -0.2) is 9.37 Å². The van der Waals surface area contributed by atoms with Crippen molar-refractivity contribution in [2.24, 2.45) is 0 Å². The Bertz CT molecular complexity index is 1180. The number of anilines is 1. The van der Waals surface area contributed by atoms with Gasteiger partial charge in [-0.2, -0.15) is 0 Å². The van der Waals surface area contributed by atoms with Gasteiger partial charge < -0.3 is 5.11 Å². The molecule has 30 heavy (non-hydrogen) atoms. The summed E-state index contributed by atoms with van der Waals surface area (Å²) in [7, 11) is 0. The summed E-state index contributed by atoms with van der Waals surface area (Å²) in [5.74, 6) is -2.76. The fourth-order valence-corrected chi connectivity index (χ4v) is 4.41. The van der Waals surface area contributed by atoms with Crippen LogP contribution in [0.25, 0.3) is 5.76 Å². The lowest BCUT2D eigenvalue weighted by atomic mass is 9.95. The van der Waals surface area contributed by atoms with Gasteiger partial charge in [0, 0.05) is 21.0 Å². The second kappa shape index (κ2) is 7.66. The van der Waals surface area contributed by atoms with E-state index in [9.17, 15) is 19.1 Å². The fourth-order valence-electron chi connectivity index (χ4n) is 3.34. The van der Waals surface area contributed by atoms with Gasteiger partial charge in [0.1, 0.15) is 17.6 Å². The van der Waals surface area contributed by atoms with E-state index in [0.717, 1.165) is 9.78 Å². The number of hydrogen-bond acceptors (Lipinski definition) is 5. The minimum Gasteiger partial charge on any atom is -0.507 e. The van der Waals surface area contributed by atoms with Crippen molar-refractivity contribution in [2.45, 2.75) is 19.9 Å². The predicted octanol–water partition coefficient (Wildman–Crippen LogP) is 5.18. The van der Waals surface area contributed by atoms with Gasteiger partial charge in [-0.3, -0.25) is 14.5 Å². The number of aromatic nitrogens is 1. The highest BCUT2D eigenvalue weighted by atomic mass is 35.5. The Kier molecular flexibility index (Phi) is 5.17. The molecule has 3 aromatic rings. The normalized spacial score (nSPS) is 18.3. The number of amides is 1. The van der Waals surface area contributed by atoms with Crippen LogP contribution in [0.15, 0.2) is 54.1 Å². The van der Waals surface area contributed by atoms with Crippen molar-refractivity contribution in [1.29, 1.82) is 0 Å². The first-order valence-corrected chi connectivity index (χ1v) is 10.2. The number of thiazole rings is 1. The minimum atomic E-state index is -1.15. The molecule has 2 aromatic carbocycles. The highest BCUT2D eigenvalue weighted by Crippen LogP contribution is 2.44. The van der Waals surface area contributed by atoms with E-state index in [4.69, 9.17) is 11.6 Å². The number of benzene rings is 2. The third-order valence-electron chi connectivity index (χ3n) is 4.99. The Labute approximate surface area is 181 Å². The smallest absolute Gasteiger partial charge is 0.301 e. The van der Waals surface area contributed by atoms with Gasteiger partial charge >= 0.3 is 5.91 Å². The number of carbonyl (C=O) groups is 2. The van der Waals surface area contributed by atoms with Gasteiger partial charge in [0.25, 0.3) is 5.78 Å². The van der Waals surface area contributed by atoms with Crippen LogP contribution in [-0.2, 0) is 9.59 Å². The molecule has 1 atom stereocenters. The van der Waals surface area contributed by atoms with Gasteiger partial charge in [0.15, 0.2) is 5.13 Å². The SMILES string of the molecule is Cc1nc(N2C(=O)C(=O)C(=C(O)c3ccc(Cl)cc3)C2c2ccccc2F)sc1C. The predicted molar refractivity (Wildman–Crippen MR) is 114 cm³/mol. The van der Waals surface area contributed by atoms with Crippen molar-refractivity contribution in [2.75, 3.05) is 4.90 Å². The summed E-state index contributed by atoms with van der Waals surface area (Å²) >= 11 is 7.14. The molecule has 1 aliphatic rings. The molecule has 1 fully saturated rings. The zero-order valence-electron chi connectivity index (χ0n) is 16.0. The summed E-state index contributed by atoms with van der Waals surface area (Å²) in [5.41, 5.74) is 0.905. The molecule has 0 saturated carbocycles. The molecule has 2 heterocycles. The molecular weight excluding hydrogens is 427 g/mol. The van der Waals surface area contributed by atoms with E-state index < -0.39 is 29.3 Å². The van der Waals surface area contributed by atoms with Crippen LogP contribution in [-0.4, -0.2) is 21.8 Å². The average Bonchev–Trinajstić information content (AvgIpc) is 3.18. The number of carbonyl (C=O) groups excluding carboxylic acids is 2. The van der Waals surface area contributed by atoms with Crippen molar-refractivity contribution in [3.8, 4) is 0 Å². The molecule has 152 valence electrons. The first-order valence-electron chi connectivity index (χ1n) is 9.05. The van der Waals surface area contributed by atoms with Crippen LogP contribution >= 0.6 is 22.9 Å². The lowest BCUT2D eigenvalue weighted by Crippen LogP contribution is -2.29. The van der Waals surface area contributed by atoms with Crippen LogP contribution in [0.3, 0.4) is 0 Å². The number of aliphatic hydroxyl groups is 1. The standard InChI is InChI=1S/C22H16ClFN2O3S/c1-11-12(2)30-22(25-11)26-18(15-5-3-4-6-16(15)24)17(20(28)21(26)29)19(27)13-7-9-14(23)10-8-13/h3-10,18,27H,1-2H3. The van der Waals surface area contributed by atoms with Crippen molar-refractivity contribution in [3.05, 3.63) is 86.6 Å². The number of Topliss-reactive ketones (excluding diaryl/α,β-unsaturated/α-hetero) is 1. The molecule has 1 saturated heterocycles. The quantitative estimate of drug-likeness (QED) is 0.344. The Morgan fingerprint density at radius 2 is 1.80 bits per heavy atom. The van der Waals surface area contributed by atoms with Crippen LogP contribution < -0.4 is 4.90 Å². The summed E-state index contributed by atoms with van der Waals surface area (Å²) in [5, 5.41) is 11.7.